The number of carboxylic acids is 1. The lowest BCUT2D eigenvalue weighted by Gasteiger charge is -2.15. The molecule has 4 rings (SSSR count). The summed E-state index contributed by atoms with van der Waals surface area (Å²) < 4.78 is 6.04. The maximum absolute atomic E-state index is 11.2. The number of hydrogen-bond donors (Lipinski definition) is 4. The van der Waals surface area contributed by atoms with Crippen molar-refractivity contribution in [3.05, 3.63) is 83.4 Å². The lowest BCUT2D eigenvalue weighted by atomic mass is 9.98. The lowest BCUT2D eigenvalue weighted by Crippen LogP contribution is -2.14. The van der Waals surface area contributed by atoms with Crippen LogP contribution < -0.4 is 15.8 Å². The van der Waals surface area contributed by atoms with Gasteiger partial charge >= 0.3 is 5.97 Å². The van der Waals surface area contributed by atoms with E-state index in [0.717, 1.165) is 40.4 Å². The van der Waals surface area contributed by atoms with E-state index in [1.54, 1.807) is 12.1 Å². The Bertz CT molecular complexity index is 1110. The fourth-order valence-electron chi connectivity index (χ4n) is 3.80. The Balaban J connectivity index is 1.60. The van der Waals surface area contributed by atoms with Crippen molar-refractivity contribution < 1.29 is 19.7 Å². The van der Waals surface area contributed by atoms with E-state index < -0.39 is 12.0 Å². The van der Waals surface area contributed by atoms with Gasteiger partial charge in [0.2, 0.25) is 0 Å². The minimum Gasteiger partial charge on any atom is -0.489 e. The fourth-order valence-corrected chi connectivity index (χ4v) is 3.80. The molecule has 172 valence electrons. The number of aliphatic hydroxyl groups excluding tert-OH is 1. The number of nitrogens with two attached hydrogens (primary N) is 1. The van der Waals surface area contributed by atoms with Gasteiger partial charge in [0.15, 0.2) is 0 Å². The number of aliphatic carboxylic acids is 1. The molecule has 1 atom stereocenters. The van der Waals surface area contributed by atoms with Gasteiger partial charge in [-0.2, -0.15) is 0 Å². The second-order valence-electron chi connectivity index (χ2n) is 8.62. The number of anilines is 1. The molecule has 0 aromatic heterocycles. The molecule has 0 bridgehead atoms. The topological polar surface area (TPSA) is 105 Å². The summed E-state index contributed by atoms with van der Waals surface area (Å²) in [5.41, 5.74) is 11.6. The number of nitrogens with one attached hydrogen (secondary N) is 1. The van der Waals surface area contributed by atoms with Gasteiger partial charge in [0.05, 0.1) is 19.1 Å². The van der Waals surface area contributed by atoms with Crippen molar-refractivity contribution in [3.8, 4) is 16.9 Å². The zero-order chi connectivity index (χ0) is 23.2. The van der Waals surface area contributed by atoms with Crippen LogP contribution in [-0.2, 0) is 17.8 Å². The molecule has 3 aromatic rings. The third kappa shape index (κ3) is 6.34. The normalized spacial score (nSPS) is 14.0. The van der Waals surface area contributed by atoms with Crippen molar-refractivity contribution in [2.45, 2.75) is 31.9 Å². The van der Waals surface area contributed by atoms with Crippen LogP contribution in [0.15, 0.2) is 66.7 Å². The van der Waals surface area contributed by atoms with Gasteiger partial charge in [-0.25, -0.2) is 0 Å². The molecule has 0 spiro atoms. The van der Waals surface area contributed by atoms with Crippen LogP contribution in [0.2, 0.25) is 0 Å². The molecule has 0 aliphatic heterocycles. The van der Waals surface area contributed by atoms with Crippen molar-refractivity contribution in [2.75, 3.05) is 18.5 Å². The van der Waals surface area contributed by atoms with Gasteiger partial charge in [0.1, 0.15) is 12.4 Å². The Hall–Kier alpha value is -3.35. The summed E-state index contributed by atoms with van der Waals surface area (Å²) in [6.45, 7) is 1.15. The molecule has 1 fully saturated rings. The highest BCUT2D eigenvalue weighted by molar-refractivity contribution is 5.71. The van der Waals surface area contributed by atoms with Gasteiger partial charge in [-0.1, -0.05) is 36.4 Å². The fraction of sp³-hybridized carbons (Fsp3) is 0.296. The Morgan fingerprint density at radius 1 is 1.06 bits per heavy atom. The minimum absolute atomic E-state index is 0.0810. The van der Waals surface area contributed by atoms with Crippen molar-refractivity contribution >= 4 is 11.7 Å². The maximum atomic E-state index is 11.2. The van der Waals surface area contributed by atoms with Crippen LogP contribution in [0, 0.1) is 5.92 Å². The monoisotopic (exact) mass is 446 g/mol. The molecule has 0 saturated heterocycles. The quantitative estimate of drug-likeness (QED) is 0.349. The van der Waals surface area contributed by atoms with Gasteiger partial charge < -0.3 is 26.0 Å². The highest BCUT2D eigenvalue weighted by atomic mass is 16.5. The second kappa shape index (κ2) is 10.5. The van der Waals surface area contributed by atoms with Gasteiger partial charge in [0, 0.05) is 17.8 Å². The Kier molecular flexibility index (Phi) is 7.27. The number of benzene rings is 3. The van der Waals surface area contributed by atoms with Crippen LogP contribution in [0.3, 0.4) is 0 Å². The summed E-state index contributed by atoms with van der Waals surface area (Å²) in [7, 11) is 0. The highest BCUT2D eigenvalue weighted by Gasteiger charge is 2.20. The summed E-state index contributed by atoms with van der Waals surface area (Å²) in [6, 6.07) is 21.0. The lowest BCUT2D eigenvalue weighted by molar-refractivity contribution is -0.136. The first-order valence-electron chi connectivity index (χ1n) is 11.3. The van der Waals surface area contributed by atoms with Crippen LogP contribution in [0.4, 0.5) is 5.69 Å². The first-order chi connectivity index (χ1) is 16.0. The third-order valence-corrected chi connectivity index (χ3v) is 5.84. The van der Waals surface area contributed by atoms with Crippen LogP contribution >= 0.6 is 0 Å². The van der Waals surface area contributed by atoms with E-state index in [0.29, 0.717) is 17.9 Å². The predicted molar refractivity (Wildman–Crippen MR) is 129 cm³/mol. The number of aliphatic hydroxyl groups is 1. The molecule has 5 N–H and O–H groups in total. The molecule has 0 amide bonds. The Morgan fingerprint density at radius 3 is 2.64 bits per heavy atom. The number of carboxylic acid groups (broad SMARTS) is 1. The molecule has 6 heteroatoms. The molecule has 0 unspecified atom stereocenters. The van der Waals surface area contributed by atoms with Crippen LogP contribution in [0.25, 0.3) is 11.1 Å². The van der Waals surface area contributed by atoms with Crippen molar-refractivity contribution in [2.24, 2.45) is 11.7 Å². The van der Waals surface area contributed by atoms with Crippen molar-refractivity contribution in [3.63, 3.8) is 0 Å². The average Bonchev–Trinajstić information content (AvgIpc) is 3.66. The van der Waals surface area contributed by atoms with E-state index in [1.165, 1.54) is 12.8 Å². The molecule has 0 heterocycles. The van der Waals surface area contributed by atoms with Crippen molar-refractivity contribution in [1.82, 2.24) is 0 Å². The van der Waals surface area contributed by atoms with E-state index in [4.69, 9.17) is 10.5 Å². The number of rotatable bonds is 11. The average molecular weight is 447 g/mol. The zero-order valence-electron chi connectivity index (χ0n) is 18.5. The Labute approximate surface area is 194 Å². The van der Waals surface area contributed by atoms with E-state index in [2.05, 4.69) is 23.5 Å². The Morgan fingerprint density at radius 2 is 1.88 bits per heavy atom. The maximum Gasteiger partial charge on any atom is 0.307 e. The molecule has 1 aliphatic rings. The molecule has 1 aliphatic carbocycles. The largest absolute Gasteiger partial charge is 0.489 e. The summed E-state index contributed by atoms with van der Waals surface area (Å²) in [4.78, 5) is 11.2. The standard InChI is InChI=1S/C27H30N2O4/c28-25(16-30)21-6-3-5-20(12-21)23-10-19(11-24(13-23)29-15-18-8-9-18)17-33-26-7-2-1-4-22(26)14-27(31)32/h1-7,10-13,18,25,29-30H,8-9,14-17,28H2,(H,31,32)/t25-/m1/s1. The van der Waals surface area contributed by atoms with E-state index >= 15 is 0 Å². The number of ether oxygens (including phenoxy) is 1. The molecule has 3 aromatic carbocycles. The molecular weight excluding hydrogens is 416 g/mol. The smallest absolute Gasteiger partial charge is 0.307 e. The first kappa shape index (κ1) is 22.8. The van der Waals surface area contributed by atoms with Gasteiger partial charge in [-0.3, -0.25) is 4.79 Å². The second-order valence-corrected chi connectivity index (χ2v) is 8.62. The zero-order valence-corrected chi connectivity index (χ0v) is 18.5. The minimum atomic E-state index is -0.888. The van der Waals surface area contributed by atoms with Crippen molar-refractivity contribution in [1.29, 1.82) is 0 Å². The highest BCUT2D eigenvalue weighted by Crippen LogP contribution is 2.31. The summed E-state index contributed by atoms with van der Waals surface area (Å²) in [6.07, 6.45) is 2.45. The summed E-state index contributed by atoms with van der Waals surface area (Å²) >= 11 is 0. The number of hydrogen-bond acceptors (Lipinski definition) is 5. The summed E-state index contributed by atoms with van der Waals surface area (Å²) in [5.74, 6) is 0.427. The van der Waals surface area contributed by atoms with Gasteiger partial charge in [-0.15, -0.1) is 0 Å². The predicted octanol–water partition coefficient (Wildman–Crippen LogP) is 4.37. The SMILES string of the molecule is N[C@H](CO)c1cccc(-c2cc(COc3ccccc3CC(=O)O)cc(NCC3CC3)c2)c1. The molecule has 6 nitrogen and oxygen atoms in total. The van der Waals surface area contributed by atoms with E-state index in [1.807, 2.05) is 36.4 Å². The van der Waals surface area contributed by atoms with E-state index in [-0.39, 0.29) is 13.0 Å². The van der Waals surface area contributed by atoms with E-state index in [9.17, 15) is 15.0 Å². The van der Waals surface area contributed by atoms with Gasteiger partial charge in [-0.05, 0) is 71.3 Å². The molecular formula is C27H30N2O4. The molecule has 33 heavy (non-hydrogen) atoms. The molecule has 0 radical (unpaired) electrons. The summed E-state index contributed by atoms with van der Waals surface area (Å²) in [5, 5.41) is 22.2. The first-order valence-corrected chi connectivity index (χ1v) is 11.3. The van der Waals surface area contributed by atoms with Crippen LogP contribution in [-0.4, -0.2) is 29.3 Å². The van der Waals surface area contributed by atoms with Crippen LogP contribution in [0.5, 0.6) is 5.75 Å². The van der Waals surface area contributed by atoms with Gasteiger partial charge in [0.25, 0.3) is 0 Å². The number of carbonyl (C=O) groups is 1. The number of para-hydroxylation sites is 1. The van der Waals surface area contributed by atoms with Crippen LogP contribution in [0.1, 0.15) is 35.6 Å². The molecule has 1 saturated carbocycles. The third-order valence-electron chi connectivity index (χ3n) is 5.84.